The quantitative estimate of drug-likeness (QED) is 0.581. The monoisotopic (exact) mass is 407 g/mol. The molecule has 3 aromatic rings. The smallest absolute Gasteiger partial charge is 0.342 e. The zero-order chi connectivity index (χ0) is 21.5. The molecule has 0 aliphatic rings. The van der Waals surface area contributed by atoms with Crippen LogP contribution in [0.15, 0.2) is 54.6 Å². The number of methoxy groups -OCH3 is 1. The van der Waals surface area contributed by atoms with E-state index in [0.717, 1.165) is 17.0 Å². The molecule has 0 saturated carbocycles. The largest absolute Gasteiger partial charge is 0.497 e. The third kappa shape index (κ3) is 5.05. The summed E-state index contributed by atoms with van der Waals surface area (Å²) >= 11 is 0. The Balaban J connectivity index is 1.51. The van der Waals surface area contributed by atoms with Crippen LogP contribution in [0.25, 0.3) is 5.69 Å². The van der Waals surface area contributed by atoms with Crippen LogP contribution in [0.2, 0.25) is 0 Å². The van der Waals surface area contributed by atoms with Crippen LogP contribution in [0.1, 0.15) is 27.3 Å². The number of ether oxygens (including phenoxy) is 2. The summed E-state index contributed by atoms with van der Waals surface area (Å²) in [6.07, 6.45) is 0.672. The molecule has 1 heterocycles. The lowest BCUT2D eigenvalue weighted by molar-refractivity contribution is -0.124. The van der Waals surface area contributed by atoms with Crippen molar-refractivity contribution in [1.82, 2.24) is 15.1 Å². The minimum absolute atomic E-state index is 0.336. The van der Waals surface area contributed by atoms with Gasteiger partial charge in [0.1, 0.15) is 11.3 Å². The van der Waals surface area contributed by atoms with Gasteiger partial charge in [-0.15, -0.1) is 0 Å². The normalized spacial score (nSPS) is 10.5. The molecule has 7 heteroatoms. The van der Waals surface area contributed by atoms with Gasteiger partial charge in [0.15, 0.2) is 6.61 Å². The number of benzene rings is 2. The molecule has 0 atom stereocenters. The summed E-state index contributed by atoms with van der Waals surface area (Å²) in [5.74, 6) is -0.115. The van der Waals surface area contributed by atoms with Crippen molar-refractivity contribution >= 4 is 11.9 Å². The molecule has 0 aliphatic carbocycles. The maximum absolute atomic E-state index is 12.5. The fourth-order valence-electron chi connectivity index (χ4n) is 3.15. The van der Waals surface area contributed by atoms with Crippen LogP contribution < -0.4 is 10.1 Å². The van der Waals surface area contributed by atoms with Gasteiger partial charge in [-0.3, -0.25) is 4.79 Å². The van der Waals surface area contributed by atoms with E-state index < -0.39 is 5.97 Å². The van der Waals surface area contributed by atoms with E-state index in [1.807, 2.05) is 54.6 Å². The van der Waals surface area contributed by atoms with Gasteiger partial charge in [-0.05, 0) is 50.1 Å². The standard InChI is InChI=1S/C23H25N3O4/c1-16-22(17(2)26(25-16)19-7-5-4-6-8-19)23(28)30-15-21(27)24-14-13-18-9-11-20(29-3)12-10-18/h4-12H,13-15H2,1-3H3,(H,24,27). The Bertz CT molecular complexity index is 1010. The molecule has 1 aromatic heterocycles. The molecular weight excluding hydrogens is 382 g/mol. The summed E-state index contributed by atoms with van der Waals surface area (Å²) in [4.78, 5) is 24.6. The van der Waals surface area contributed by atoms with Crippen molar-refractivity contribution in [3.05, 3.63) is 77.1 Å². The van der Waals surface area contributed by atoms with Crippen molar-refractivity contribution < 1.29 is 19.1 Å². The number of carbonyl (C=O) groups excluding carboxylic acids is 2. The second-order valence-electron chi connectivity index (χ2n) is 6.82. The predicted octanol–water partition coefficient (Wildman–Crippen LogP) is 3.01. The first-order chi connectivity index (χ1) is 14.5. The number of nitrogens with one attached hydrogen (secondary N) is 1. The van der Waals surface area contributed by atoms with Crippen LogP contribution in [-0.2, 0) is 16.0 Å². The molecule has 0 aliphatic heterocycles. The topological polar surface area (TPSA) is 82.4 Å². The van der Waals surface area contributed by atoms with Crippen LogP contribution in [0.3, 0.4) is 0 Å². The van der Waals surface area contributed by atoms with E-state index >= 15 is 0 Å². The highest BCUT2D eigenvalue weighted by Gasteiger charge is 2.21. The fraction of sp³-hybridized carbons (Fsp3) is 0.261. The average Bonchev–Trinajstić information content (AvgIpc) is 3.07. The maximum Gasteiger partial charge on any atom is 0.342 e. The lowest BCUT2D eigenvalue weighted by Gasteiger charge is -2.08. The molecule has 2 aromatic carbocycles. The van der Waals surface area contributed by atoms with Gasteiger partial charge in [0.25, 0.3) is 5.91 Å². The molecular formula is C23H25N3O4. The van der Waals surface area contributed by atoms with Crippen molar-refractivity contribution in [2.24, 2.45) is 0 Å². The molecule has 156 valence electrons. The summed E-state index contributed by atoms with van der Waals surface area (Å²) in [5, 5.41) is 7.19. The van der Waals surface area contributed by atoms with Crippen molar-refractivity contribution in [1.29, 1.82) is 0 Å². The predicted molar refractivity (Wildman–Crippen MR) is 113 cm³/mol. The van der Waals surface area contributed by atoms with Crippen molar-refractivity contribution in [3.63, 3.8) is 0 Å². The molecule has 7 nitrogen and oxygen atoms in total. The summed E-state index contributed by atoms with van der Waals surface area (Å²) in [6.45, 7) is 3.67. The first kappa shape index (κ1) is 21.1. The molecule has 0 spiro atoms. The first-order valence-electron chi connectivity index (χ1n) is 9.68. The fourth-order valence-corrected chi connectivity index (χ4v) is 3.15. The van der Waals surface area contributed by atoms with E-state index in [2.05, 4.69) is 10.4 Å². The van der Waals surface area contributed by atoms with Crippen LogP contribution in [0.5, 0.6) is 5.75 Å². The molecule has 1 N–H and O–H groups in total. The molecule has 1 amide bonds. The van der Waals surface area contributed by atoms with Gasteiger partial charge < -0.3 is 14.8 Å². The molecule has 30 heavy (non-hydrogen) atoms. The van der Waals surface area contributed by atoms with Gasteiger partial charge in [0, 0.05) is 6.54 Å². The number of hydrogen-bond donors (Lipinski definition) is 1. The Morgan fingerprint density at radius 1 is 1.03 bits per heavy atom. The van der Waals surface area contributed by atoms with Crippen LogP contribution in [0, 0.1) is 13.8 Å². The van der Waals surface area contributed by atoms with E-state index in [-0.39, 0.29) is 12.5 Å². The number of para-hydroxylation sites is 1. The van der Waals surface area contributed by atoms with Gasteiger partial charge in [-0.2, -0.15) is 5.10 Å². The third-order valence-corrected chi connectivity index (χ3v) is 4.73. The molecule has 3 rings (SSSR count). The SMILES string of the molecule is COc1ccc(CCNC(=O)COC(=O)c2c(C)nn(-c3ccccc3)c2C)cc1. The summed E-state index contributed by atoms with van der Waals surface area (Å²) in [7, 11) is 1.62. The second-order valence-corrected chi connectivity index (χ2v) is 6.82. The highest BCUT2D eigenvalue weighted by Crippen LogP contribution is 2.18. The van der Waals surface area contributed by atoms with E-state index in [1.165, 1.54) is 0 Å². The number of nitrogens with zero attached hydrogens (tertiary/aromatic N) is 2. The van der Waals surface area contributed by atoms with Crippen LogP contribution in [-0.4, -0.2) is 41.9 Å². The second kappa shape index (κ2) is 9.73. The van der Waals surface area contributed by atoms with E-state index in [1.54, 1.807) is 25.6 Å². The minimum atomic E-state index is -0.558. The summed E-state index contributed by atoms with van der Waals surface area (Å²) in [6, 6.07) is 17.2. The lowest BCUT2D eigenvalue weighted by Crippen LogP contribution is -2.30. The van der Waals surface area contributed by atoms with Gasteiger partial charge in [0.05, 0.1) is 24.2 Å². The number of hydrogen-bond acceptors (Lipinski definition) is 5. The van der Waals surface area contributed by atoms with Gasteiger partial charge in [-0.25, -0.2) is 9.48 Å². The number of rotatable bonds is 8. The Kier molecular flexibility index (Phi) is 6.85. The highest BCUT2D eigenvalue weighted by atomic mass is 16.5. The number of aromatic nitrogens is 2. The van der Waals surface area contributed by atoms with E-state index in [0.29, 0.717) is 29.9 Å². The lowest BCUT2D eigenvalue weighted by atomic mass is 10.1. The number of carbonyl (C=O) groups is 2. The Labute approximate surface area is 175 Å². The van der Waals surface area contributed by atoms with E-state index in [4.69, 9.17) is 9.47 Å². The summed E-state index contributed by atoms with van der Waals surface area (Å²) in [5.41, 5.74) is 3.54. The van der Waals surface area contributed by atoms with E-state index in [9.17, 15) is 9.59 Å². The molecule has 0 fully saturated rings. The molecule has 0 radical (unpaired) electrons. The summed E-state index contributed by atoms with van der Waals surface area (Å²) < 4.78 is 12.0. The number of aryl methyl sites for hydroxylation is 1. The van der Waals surface area contributed by atoms with Crippen molar-refractivity contribution in [2.45, 2.75) is 20.3 Å². The zero-order valence-corrected chi connectivity index (χ0v) is 17.3. The minimum Gasteiger partial charge on any atom is -0.497 e. The molecule has 0 bridgehead atoms. The third-order valence-electron chi connectivity index (χ3n) is 4.73. The van der Waals surface area contributed by atoms with Gasteiger partial charge in [0.2, 0.25) is 0 Å². The first-order valence-corrected chi connectivity index (χ1v) is 9.68. The van der Waals surface area contributed by atoms with Crippen LogP contribution in [0.4, 0.5) is 0 Å². The Morgan fingerprint density at radius 3 is 2.40 bits per heavy atom. The Hall–Kier alpha value is -3.61. The molecule has 0 unspecified atom stereocenters. The Morgan fingerprint density at radius 2 is 1.73 bits per heavy atom. The maximum atomic E-state index is 12.5. The van der Waals surface area contributed by atoms with Gasteiger partial charge >= 0.3 is 5.97 Å². The van der Waals surface area contributed by atoms with Crippen LogP contribution >= 0.6 is 0 Å². The average molecular weight is 407 g/mol. The van der Waals surface area contributed by atoms with Gasteiger partial charge in [-0.1, -0.05) is 30.3 Å². The van der Waals surface area contributed by atoms with Crippen molar-refractivity contribution in [3.8, 4) is 11.4 Å². The number of amides is 1. The zero-order valence-electron chi connectivity index (χ0n) is 17.3. The molecule has 0 saturated heterocycles. The highest BCUT2D eigenvalue weighted by molar-refractivity contribution is 5.93. The van der Waals surface area contributed by atoms with Crippen molar-refractivity contribution in [2.75, 3.05) is 20.3 Å². The number of esters is 1.